The van der Waals surface area contributed by atoms with E-state index >= 15 is 0 Å². The summed E-state index contributed by atoms with van der Waals surface area (Å²) >= 11 is 11.4. The van der Waals surface area contributed by atoms with Crippen LogP contribution in [0.3, 0.4) is 0 Å². The number of hydrogen-bond donors (Lipinski definition) is 1. The van der Waals surface area contributed by atoms with Crippen molar-refractivity contribution in [2.45, 2.75) is 26.6 Å². The number of benzene rings is 1. The first-order chi connectivity index (χ1) is 11.8. The third kappa shape index (κ3) is 4.87. The van der Waals surface area contributed by atoms with Gasteiger partial charge in [-0.05, 0) is 31.3 Å². The van der Waals surface area contributed by atoms with Crippen molar-refractivity contribution in [3.8, 4) is 0 Å². The molecule has 1 aromatic carbocycles. The zero-order chi connectivity index (χ0) is 18.6. The Morgan fingerprint density at radius 1 is 1.48 bits per heavy atom. The van der Waals surface area contributed by atoms with Crippen molar-refractivity contribution in [1.82, 2.24) is 14.3 Å². The number of rotatable bonds is 7. The molecule has 0 fully saturated rings. The summed E-state index contributed by atoms with van der Waals surface area (Å²) in [5.74, 6) is -0.156. The van der Waals surface area contributed by atoms with Gasteiger partial charge >= 0.3 is 5.97 Å². The average molecular weight is 388 g/mol. The summed E-state index contributed by atoms with van der Waals surface area (Å²) in [6.07, 6.45) is 0.0547. The van der Waals surface area contributed by atoms with Gasteiger partial charge in [0.15, 0.2) is 6.67 Å². The molecule has 0 spiro atoms. The molecule has 0 saturated carbocycles. The van der Waals surface area contributed by atoms with Crippen LogP contribution in [0.1, 0.15) is 18.3 Å². The van der Waals surface area contributed by atoms with Gasteiger partial charge in [0, 0.05) is 7.05 Å². The minimum Gasteiger partial charge on any atom is -0.466 e. The van der Waals surface area contributed by atoms with Crippen LogP contribution in [-0.2, 0) is 36.2 Å². The van der Waals surface area contributed by atoms with Crippen molar-refractivity contribution in [3.63, 3.8) is 0 Å². The summed E-state index contributed by atoms with van der Waals surface area (Å²) < 4.78 is 22.6. The molecule has 2 aromatic rings. The van der Waals surface area contributed by atoms with Crippen molar-refractivity contribution in [2.24, 2.45) is 7.05 Å². The maximum atomic E-state index is 13.9. The number of esters is 1. The Morgan fingerprint density at radius 2 is 2.20 bits per heavy atom. The number of nitrogens with one attached hydrogen (secondary N) is 1. The van der Waals surface area contributed by atoms with Gasteiger partial charge in [0.2, 0.25) is 4.77 Å². The molecule has 1 aromatic heterocycles. The van der Waals surface area contributed by atoms with E-state index in [0.717, 1.165) is 4.90 Å². The Balaban J connectivity index is 2.12. The van der Waals surface area contributed by atoms with Crippen LogP contribution in [0.4, 0.5) is 4.39 Å². The molecule has 1 heterocycles. The fourth-order valence-corrected chi connectivity index (χ4v) is 2.89. The highest BCUT2D eigenvalue weighted by molar-refractivity contribution is 7.71. The molecule has 1 atom stereocenters. The molecule has 9 heteroatoms. The minimum absolute atomic E-state index is 0.0547. The van der Waals surface area contributed by atoms with E-state index < -0.39 is 0 Å². The normalized spacial score (nSPS) is 12.2. The second-order valence-electron chi connectivity index (χ2n) is 5.73. The molecule has 0 bridgehead atoms. The lowest BCUT2D eigenvalue weighted by molar-refractivity contribution is -0.917. The fraction of sp³-hybridized carbons (Fsp3) is 0.438. The Labute approximate surface area is 155 Å². The summed E-state index contributed by atoms with van der Waals surface area (Å²) in [4.78, 5) is 12.6. The summed E-state index contributed by atoms with van der Waals surface area (Å²) in [7, 11) is 3.65. The van der Waals surface area contributed by atoms with E-state index in [-0.39, 0.29) is 18.2 Å². The van der Waals surface area contributed by atoms with E-state index in [2.05, 4.69) is 5.10 Å². The predicted octanol–water partition coefficient (Wildman–Crippen LogP) is 1.52. The Kier molecular flexibility index (Phi) is 6.69. The smallest absolute Gasteiger partial charge is 0.313 e. The predicted molar refractivity (Wildman–Crippen MR) is 94.4 cm³/mol. The summed E-state index contributed by atoms with van der Waals surface area (Å²) in [6, 6.07) is 4.63. The Morgan fingerprint density at radius 3 is 2.84 bits per heavy atom. The number of nitrogens with zero attached hydrogens (tertiary/aromatic N) is 3. The number of aromatic nitrogens is 3. The first kappa shape index (κ1) is 19.6. The first-order valence-corrected chi connectivity index (χ1v) is 8.64. The summed E-state index contributed by atoms with van der Waals surface area (Å²) in [5.41, 5.74) is 0.455. The minimum atomic E-state index is -0.350. The van der Waals surface area contributed by atoms with Crippen molar-refractivity contribution >= 4 is 29.8 Å². The number of carbonyl (C=O) groups is 1. The van der Waals surface area contributed by atoms with Crippen molar-refractivity contribution in [3.05, 3.63) is 45.2 Å². The van der Waals surface area contributed by atoms with Crippen molar-refractivity contribution in [2.75, 3.05) is 13.7 Å². The molecule has 2 rings (SSSR count). The molecule has 0 radical (unpaired) electrons. The van der Waals surface area contributed by atoms with E-state index in [4.69, 9.17) is 28.6 Å². The molecule has 0 aliphatic rings. The highest BCUT2D eigenvalue weighted by Gasteiger charge is 2.17. The molecule has 0 aliphatic heterocycles. The van der Waals surface area contributed by atoms with Crippen LogP contribution in [-0.4, -0.2) is 34.0 Å². The first-order valence-electron chi connectivity index (χ1n) is 7.86. The average Bonchev–Trinajstić information content (AvgIpc) is 2.79. The fourth-order valence-electron chi connectivity index (χ4n) is 2.45. The van der Waals surface area contributed by atoms with Gasteiger partial charge in [-0.3, -0.25) is 4.79 Å². The summed E-state index contributed by atoms with van der Waals surface area (Å²) in [6.45, 7) is 2.87. The van der Waals surface area contributed by atoms with Crippen molar-refractivity contribution < 1.29 is 18.8 Å². The highest BCUT2D eigenvalue weighted by Crippen LogP contribution is 2.17. The summed E-state index contributed by atoms with van der Waals surface area (Å²) in [5, 5.41) is 4.78. The van der Waals surface area contributed by atoms with Crippen LogP contribution < -0.4 is 4.90 Å². The van der Waals surface area contributed by atoms with Gasteiger partial charge < -0.3 is 14.2 Å². The van der Waals surface area contributed by atoms with E-state index in [0.29, 0.717) is 41.0 Å². The molecular formula is C16H21ClFN4O2S+. The van der Waals surface area contributed by atoms with Gasteiger partial charge in [0.05, 0.1) is 24.2 Å². The van der Waals surface area contributed by atoms with Gasteiger partial charge in [-0.15, -0.1) is 0 Å². The van der Waals surface area contributed by atoms with Gasteiger partial charge in [0.25, 0.3) is 0 Å². The lowest BCUT2D eigenvalue weighted by Crippen LogP contribution is -3.07. The van der Waals surface area contributed by atoms with E-state index in [1.807, 2.05) is 7.05 Å². The third-order valence-corrected chi connectivity index (χ3v) is 4.54. The van der Waals surface area contributed by atoms with E-state index in [1.165, 1.54) is 6.07 Å². The zero-order valence-electron chi connectivity index (χ0n) is 14.4. The Bertz CT molecular complexity index is 801. The van der Waals surface area contributed by atoms with Gasteiger partial charge in [-0.2, -0.15) is 9.78 Å². The number of ether oxygens (including phenoxy) is 1. The zero-order valence-corrected chi connectivity index (χ0v) is 16.0. The molecule has 0 aliphatic carbocycles. The molecule has 136 valence electrons. The van der Waals surface area contributed by atoms with Crippen molar-refractivity contribution in [1.29, 1.82) is 0 Å². The van der Waals surface area contributed by atoms with Gasteiger partial charge in [0.1, 0.15) is 24.6 Å². The number of hydrogen-bond acceptors (Lipinski definition) is 4. The quantitative estimate of drug-likeness (QED) is 0.578. The molecule has 1 unspecified atom stereocenters. The lowest BCUT2D eigenvalue weighted by atomic mass is 10.2. The number of carbonyl (C=O) groups excluding carboxylic acids is 1. The number of quaternary nitrogens is 1. The standard InChI is InChI=1S/C16H20ClFN4O2S/c1-4-24-15(23)8-14-19-22(16(25)21(14)3)10-20(2)9-11-12(17)6-5-7-13(11)18/h5-7H,4,8-10H2,1-3H3/p+1. The third-order valence-electron chi connectivity index (χ3n) is 3.70. The van der Waals surface area contributed by atoms with Crippen LogP contribution in [0.2, 0.25) is 5.02 Å². The number of halogens is 2. The lowest BCUT2D eigenvalue weighted by Gasteiger charge is -2.15. The molecule has 0 saturated heterocycles. The SMILES string of the molecule is CCOC(=O)Cc1nn(C[NH+](C)Cc2c(F)cccc2Cl)c(=S)n1C. The molecular weight excluding hydrogens is 367 g/mol. The van der Waals surface area contributed by atoms with Gasteiger partial charge in [-0.1, -0.05) is 17.7 Å². The Hall–Kier alpha value is -1.77. The monoisotopic (exact) mass is 387 g/mol. The topological polar surface area (TPSA) is 53.5 Å². The molecule has 6 nitrogen and oxygen atoms in total. The largest absolute Gasteiger partial charge is 0.466 e. The van der Waals surface area contributed by atoms with E-state index in [9.17, 15) is 9.18 Å². The van der Waals surface area contributed by atoms with Crippen LogP contribution in [0, 0.1) is 10.6 Å². The van der Waals surface area contributed by atoms with Crippen LogP contribution >= 0.6 is 23.8 Å². The highest BCUT2D eigenvalue weighted by atomic mass is 35.5. The van der Waals surface area contributed by atoms with E-state index in [1.54, 1.807) is 35.4 Å². The molecule has 0 amide bonds. The van der Waals surface area contributed by atoms with Gasteiger partial charge in [-0.25, -0.2) is 4.39 Å². The molecule has 1 N–H and O–H groups in total. The maximum absolute atomic E-state index is 13.9. The second-order valence-corrected chi connectivity index (χ2v) is 6.50. The van der Waals surface area contributed by atoms with Crippen LogP contribution in [0.5, 0.6) is 0 Å². The van der Waals surface area contributed by atoms with Crippen LogP contribution in [0.15, 0.2) is 18.2 Å². The second kappa shape index (κ2) is 8.55. The molecule has 25 heavy (non-hydrogen) atoms. The van der Waals surface area contributed by atoms with Crippen LogP contribution in [0.25, 0.3) is 0 Å². The maximum Gasteiger partial charge on any atom is 0.313 e.